The molecule has 0 aliphatic heterocycles. The smallest absolute Gasteiger partial charge is 0.239 e. The highest BCUT2D eigenvalue weighted by atomic mass is 19.2. The number of hydrogen-bond donors (Lipinski definition) is 2. The molecule has 0 aromatic heterocycles. The van der Waals surface area contributed by atoms with Crippen molar-refractivity contribution in [1.82, 2.24) is 5.32 Å². The van der Waals surface area contributed by atoms with Gasteiger partial charge in [0.25, 0.3) is 0 Å². The summed E-state index contributed by atoms with van der Waals surface area (Å²) in [6, 6.07) is 2.52. The zero-order chi connectivity index (χ0) is 13.0. The van der Waals surface area contributed by atoms with E-state index in [2.05, 4.69) is 5.32 Å². The summed E-state index contributed by atoms with van der Waals surface area (Å²) in [5.41, 5.74) is 5.56. The Kier molecular flexibility index (Phi) is 4.57. The monoisotopic (exact) mass is 242 g/mol. The maximum absolute atomic E-state index is 13.0. The van der Waals surface area contributed by atoms with E-state index in [0.29, 0.717) is 18.0 Å². The summed E-state index contributed by atoms with van der Waals surface area (Å²) in [6.07, 6.45) is 0. The molecule has 5 heteroatoms. The van der Waals surface area contributed by atoms with Crippen LogP contribution in [0, 0.1) is 17.6 Å². The van der Waals surface area contributed by atoms with E-state index in [1.165, 1.54) is 6.07 Å². The third kappa shape index (κ3) is 3.78. The normalized spacial score (nSPS) is 12.8. The van der Waals surface area contributed by atoms with Crippen molar-refractivity contribution in [1.29, 1.82) is 0 Å². The van der Waals surface area contributed by atoms with Crippen molar-refractivity contribution in [2.45, 2.75) is 19.9 Å². The van der Waals surface area contributed by atoms with Crippen molar-refractivity contribution in [3.63, 3.8) is 0 Å². The molecular formula is C12H16F2N2O. The predicted molar refractivity (Wildman–Crippen MR) is 61.1 cm³/mol. The fourth-order valence-electron chi connectivity index (χ4n) is 1.43. The van der Waals surface area contributed by atoms with E-state index in [-0.39, 0.29) is 0 Å². The van der Waals surface area contributed by atoms with E-state index in [0.717, 1.165) is 12.1 Å². The number of nitrogens with one attached hydrogen (secondary N) is 1. The number of halogens is 2. The first kappa shape index (κ1) is 13.6. The molecule has 1 aromatic carbocycles. The van der Waals surface area contributed by atoms with E-state index < -0.39 is 23.6 Å². The average molecular weight is 242 g/mol. The average Bonchev–Trinajstić information content (AvgIpc) is 2.22. The lowest BCUT2D eigenvalue weighted by Crippen LogP contribution is -2.35. The van der Waals surface area contributed by atoms with Crippen LogP contribution < -0.4 is 11.1 Å². The van der Waals surface area contributed by atoms with Crippen LogP contribution in [0.5, 0.6) is 0 Å². The van der Waals surface area contributed by atoms with Gasteiger partial charge in [0.2, 0.25) is 5.91 Å². The summed E-state index contributed by atoms with van der Waals surface area (Å²) >= 11 is 0. The molecule has 0 radical (unpaired) electrons. The molecular weight excluding hydrogens is 226 g/mol. The fraction of sp³-hybridized carbons (Fsp3) is 0.417. The molecule has 0 aliphatic rings. The van der Waals surface area contributed by atoms with Gasteiger partial charge in [-0.3, -0.25) is 4.79 Å². The van der Waals surface area contributed by atoms with Crippen LogP contribution in [0.25, 0.3) is 0 Å². The molecule has 0 bridgehead atoms. The molecule has 1 aromatic rings. The van der Waals surface area contributed by atoms with Gasteiger partial charge >= 0.3 is 0 Å². The second-order valence-corrected chi connectivity index (χ2v) is 4.31. The Morgan fingerprint density at radius 3 is 2.47 bits per heavy atom. The lowest BCUT2D eigenvalue weighted by atomic mass is 10.1. The van der Waals surface area contributed by atoms with Gasteiger partial charge in [-0.25, -0.2) is 8.78 Å². The molecule has 0 fully saturated rings. The number of primary amides is 1. The number of carbonyl (C=O) groups excluding carboxylic acids is 1. The fourth-order valence-corrected chi connectivity index (χ4v) is 1.43. The Bertz CT molecular complexity index is 407. The van der Waals surface area contributed by atoms with Crippen LogP contribution >= 0.6 is 0 Å². The second-order valence-electron chi connectivity index (χ2n) is 4.31. The number of benzene rings is 1. The second kappa shape index (κ2) is 5.72. The van der Waals surface area contributed by atoms with Crippen LogP contribution in [0.2, 0.25) is 0 Å². The van der Waals surface area contributed by atoms with Gasteiger partial charge < -0.3 is 11.1 Å². The van der Waals surface area contributed by atoms with Crippen LogP contribution in [0.1, 0.15) is 25.5 Å². The molecule has 0 spiro atoms. The number of carbonyl (C=O) groups is 1. The highest BCUT2D eigenvalue weighted by Gasteiger charge is 2.18. The van der Waals surface area contributed by atoms with Gasteiger partial charge in [0.1, 0.15) is 6.04 Å². The van der Waals surface area contributed by atoms with Gasteiger partial charge in [-0.2, -0.15) is 0 Å². The zero-order valence-corrected chi connectivity index (χ0v) is 9.84. The van der Waals surface area contributed by atoms with E-state index in [1.807, 2.05) is 13.8 Å². The minimum Gasteiger partial charge on any atom is -0.368 e. The Morgan fingerprint density at radius 2 is 2.00 bits per heavy atom. The maximum Gasteiger partial charge on any atom is 0.239 e. The largest absolute Gasteiger partial charge is 0.368 e. The number of nitrogens with two attached hydrogens (primary N) is 1. The summed E-state index contributed by atoms with van der Waals surface area (Å²) in [4.78, 5) is 11.3. The van der Waals surface area contributed by atoms with Crippen molar-refractivity contribution < 1.29 is 13.6 Å². The minimum atomic E-state index is -0.986. The van der Waals surface area contributed by atoms with Crippen molar-refractivity contribution >= 4 is 5.91 Å². The van der Waals surface area contributed by atoms with Gasteiger partial charge in [-0.1, -0.05) is 19.9 Å². The zero-order valence-electron chi connectivity index (χ0n) is 9.84. The quantitative estimate of drug-likeness (QED) is 0.826. The lowest BCUT2D eigenvalue weighted by molar-refractivity contribution is -0.120. The van der Waals surface area contributed by atoms with Crippen molar-refractivity contribution in [3.05, 3.63) is 35.4 Å². The lowest BCUT2D eigenvalue weighted by Gasteiger charge is -2.17. The standard InChI is InChI=1S/C12H16F2N2O/c1-7(2)6-16-11(12(15)17)8-3-4-9(13)10(14)5-8/h3-5,7,11,16H,6H2,1-2H3,(H2,15,17). The van der Waals surface area contributed by atoms with Gasteiger partial charge in [0.15, 0.2) is 11.6 Å². The van der Waals surface area contributed by atoms with Crippen LogP contribution in [0.4, 0.5) is 8.78 Å². The summed E-state index contributed by atoms with van der Waals surface area (Å²) in [6.45, 7) is 4.50. The van der Waals surface area contributed by atoms with Crippen molar-refractivity contribution in [2.75, 3.05) is 6.54 Å². The summed E-state index contributed by atoms with van der Waals surface area (Å²) in [7, 11) is 0. The minimum absolute atomic E-state index is 0.321. The van der Waals surface area contributed by atoms with E-state index in [1.54, 1.807) is 0 Å². The summed E-state index contributed by atoms with van der Waals surface area (Å²) in [5, 5.41) is 2.92. The molecule has 3 N–H and O–H groups in total. The Balaban J connectivity index is 2.89. The van der Waals surface area contributed by atoms with Crippen LogP contribution in [0.3, 0.4) is 0 Å². The predicted octanol–water partition coefficient (Wildman–Crippen LogP) is 1.74. The summed E-state index contributed by atoms with van der Waals surface area (Å²) in [5.74, 6) is -2.22. The Hall–Kier alpha value is -1.49. The Morgan fingerprint density at radius 1 is 1.35 bits per heavy atom. The van der Waals surface area contributed by atoms with Crippen molar-refractivity contribution in [3.8, 4) is 0 Å². The third-order valence-corrected chi connectivity index (χ3v) is 2.29. The maximum atomic E-state index is 13.0. The van der Waals surface area contributed by atoms with Gasteiger partial charge in [-0.15, -0.1) is 0 Å². The molecule has 1 unspecified atom stereocenters. The van der Waals surface area contributed by atoms with E-state index in [9.17, 15) is 13.6 Å². The van der Waals surface area contributed by atoms with Gasteiger partial charge in [0.05, 0.1) is 0 Å². The summed E-state index contributed by atoms with van der Waals surface area (Å²) < 4.78 is 25.8. The molecule has 3 nitrogen and oxygen atoms in total. The molecule has 0 saturated carbocycles. The molecule has 0 aliphatic carbocycles. The first-order chi connectivity index (χ1) is 7.91. The van der Waals surface area contributed by atoms with Gasteiger partial charge in [0, 0.05) is 0 Å². The molecule has 1 amide bonds. The SMILES string of the molecule is CC(C)CNC(C(N)=O)c1ccc(F)c(F)c1. The molecule has 1 atom stereocenters. The first-order valence-electron chi connectivity index (χ1n) is 5.39. The number of rotatable bonds is 5. The highest BCUT2D eigenvalue weighted by Crippen LogP contribution is 2.16. The molecule has 17 heavy (non-hydrogen) atoms. The van der Waals surface area contributed by atoms with Crippen LogP contribution in [-0.2, 0) is 4.79 Å². The highest BCUT2D eigenvalue weighted by molar-refractivity contribution is 5.81. The number of amides is 1. The van der Waals surface area contributed by atoms with Gasteiger partial charge in [-0.05, 0) is 30.2 Å². The van der Waals surface area contributed by atoms with Crippen molar-refractivity contribution in [2.24, 2.45) is 11.7 Å². The number of hydrogen-bond acceptors (Lipinski definition) is 2. The topological polar surface area (TPSA) is 55.1 Å². The molecule has 0 heterocycles. The molecule has 0 saturated heterocycles. The Labute approximate surface area is 99.0 Å². The van der Waals surface area contributed by atoms with E-state index >= 15 is 0 Å². The molecule has 94 valence electrons. The third-order valence-electron chi connectivity index (χ3n) is 2.29. The van der Waals surface area contributed by atoms with Crippen LogP contribution in [0.15, 0.2) is 18.2 Å². The molecule has 1 rings (SSSR count). The van der Waals surface area contributed by atoms with Crippen LogP contribution in [-0.4, -0.2) is 12.5 Å². The van der Waals surface area contributed by atoms with E-state index in [4.69, 9.17) is 5.73 Å². The first-order valence-corrected chi connectivity index (χ1v) is 5.39.